The minimum Gasteiger partial charge on any atom is -0.457 e. The fourth-order valence-corrected chi connectivity index (χ4v) is 4.65. The van der Waals surface area contributed by atoms with E-state index < -0.39 is 0 Å². The number of carbonyl (C=O) groups excluding carboxylic acids is 1. The van der Waals surface area contributed by atoms with Crippen LogP contribution in [0.4, 0.5) is 0 Å². The topological polar surface area (TPSA) is 33.5 Å². The number of furan rings is 1. The Balaban J connectivity index is 1.57. The van der Waals surface area contributed by atoms with Gasteiger partial charge in [0.25, 0.3) is 5.91 Å². The number of rotatable bonds is 3. The molecule has 1 amide bonds. The summed E-state index contributed by atoms with van der Waals surface area (Å²) in [7, 11) is 0. The number of benzene rings is 1. The Morgan fingerprint density at radius 1 is 1.12 bits per heavy atom. The maximum atomic E-state index is 12.7. The second kappa shape index (κ2) is 6.57. The number of carbonyl (C=O) groups is 1. The SMILES string of the molecule is O=C1/C(=C\c2ccc(-c3ccccc3)o2)SC(=S)N1C1CCCC1. The lowest BCUT2D eigenvalue weighted by atomic mass is 10.2. The van der Waals surface area contributed by atoms with Gasteiger partial charge in [-0.05, 0) is 25.0 Å². The largest absolute Gasteiger partial charge is 0.457 e. The molecule has 0 atom stereocenters. The lowest BCUT2D eigenvalue weighted by Crippen LogP contribution is -2.36. The lowest BCUT2D eigenvalue weighted by molar-refractivity contribution is -0.123. The minimum absolute atomic E-state index is 0.0227. The van der Waals surface area contributed by atoms with Gasteiger partial charge in [-0.15, -0.1) is 0 Å². The summed E-state index contributed by atoms with van der Waals surface area (Å²) in [5, 5.41) is 0. The fraction of sp³-hybridized carbons (Fsp3) is 0.263. The zero-order chi connectivity index (χ0) is 16.5. The van der Waals surface area contributed by atoms with Crippen LogP contribution >= 0.6 is 24.0 Å². The van der Waals surface area contributed by atoms with E-state index in [0.717, 1.165) is 24.2 Å². The molecule has 1 aliphatic heterocycles. The van der Waals surface area contributed by atoms with Gasteiger partial charge in [-0.25, -0.2) is 0 Å². The zero-order valence-electron chi connectivity index (χ0n) is 13.1. The predicted octanol–water partition coefficient (Wildman–Crippen LogP) is 5.09. The molecule has 0 N–H and O–H groups in total. The first kappa shape index (κ1) is 15.7. The molecule has 0 bridgehead atoms. The van der Waals surface area contributed by atoms with Crippen LogP contribution in [0, 0.1) is 0 Å². The molecule has 2 aliphatic rings. The van der Waals surface area contributed by atoms with E-state index >= 15 is 0 Å². The highest BCUT2D eigenvalue weighted by molar-refractivity contribution is 8.26. The first-order chi connectivity index (χ1) is 11.7. The van der Waals surface area contributed by atoms with Crippen LogP contribution in [0.2, 0.25) is 0 Å². The van der Waals surface area contributed by atoms with Crippen LogP contribution < -0.4 is 0 Å². The summed E-state index contributed by atoms with van der Waals surface area (Å²) < 4.78 is 6.55. The molecule has 1 aliphatic carbocycles. The normalized spacial score (nSPS) is 20.5. The lowest BCUT2D eigenvalue weighted by Gasteiger charge is -2.21. The average molecular weight is 355 g/mol. The monoisotopic (exact) mass is 355 g/mol. The van der Waals surface area contributed by atoms with Gasteiger partial charge in [-0.2, -0.15) is 0 Å². The van der Waals surface area contributed by atoms with E-state index in [4.69, 9.17) is 16.6 Å². The Hall–Kier alpha value is -1.85. The molecule has 0 radical (unpaired) electrons. The highest BCUT2D eigenvalue weighted by atomic mass is 32.2. The highest BCUT2D eigenvalue weighted by Gasteiger charge is 2.38. The number of nitrogens with zero attached hydrogens (tertiary/aromatic N) is 1. The molecule has 1 saturated heterocycles. The third kappa shape index (κ3) is 2.94. The molecular formula is C19H17NO2S2. The van der Waals surface area contributed by atoms with Crippen LogP contribution in [0.25, 0.3) is 17.4 Å². The third-order valence-corrected chi connectivity index (χ3v) is 5.80. The van der Waals surface area contributed by atoms with Gasteiger partial charge in [-0.1, -0.05) is 67.2 Å². The predicted molar refractivity (Wildman–Crippen MR) is 101 cm³/mol. The van der Waals surface area contributed by atoms with Crippen molar-refractivity contribution < 1.29 is 9.21 Å². The molecule has 0 spiro atoms. The van der Waals surface area contributed by atoms with Crippen molar-refractivity contribution >= 4 is 40.3 Å². The van der Waals surface area contributed by atoms with Crippen LogP contribution in [-0.4, -0.2) is 21.2 Å². The van der Waals surface area contributed by atoms with E-state index in [9.17, 15) is 4.79 Å². The van der Waals surface area contributed by atoms with Crippen molar-refractivity contribution in [3.05, 3.63) is 53.1 Å². The number of amides is 1. The zero-order valence-corrected chi connectivity index (χ0v) is 14.7. The number of thioether (sulfide) groups is 1. The molecule has 1 aromatic heterocycles. The van der Waals surface area contributed by atoms with Crippen LogP contribution in [0.5, 0.6) is 0 Å². The Kier molecular flexibility index (Phi) is 4.29. The van der Waals surface area contributed by atoms with Crippen LogP contribution in [0.1, 0.15) is 31.4 Å². The molecule has 2 fully saturated rings. The molecule has 1 saturated carbocycles. The van der Waals surface area contributed by atoms with Gasteiger partial charge in [0.2, 0.25) is 0 Å². The van der Waals surface area contributed by atoms with Gasteiger partial charge in [0.15, 0.2) is 0 Å². The van der Waals surface area contributed by atoms with Crippen molar-refractivity contribution in [3.8, 4) is 11.3 Å². The Labute approximate surface area is 150 Å². The van der Waals surface area contributed by atoms with E-state index in [1.807, 2.05) is 42.5 Å². The molecular weight excluding hydrogens is 338 g/mol. The average Bonchev–Trinajstić information content (AvgIpc) is 3.31. The first-order valence-electron chi connectivity index (χ1n) is 8.15. The van der Waals surface area contributed by atoms with Gasteiger partial charge in [-0.3, -0.25) is 9.69 Å². The van der Waals surface area contributed by atoms with Crippen molar-refractivity contribution in [2.45, 2.75) is 31.7 Å². The molecule has 5 heteroatoms. The fourth-order valence-electron chi connectivity index (χ4n) is 3.27. The standard InChI is InChI=1S/C19H17NO2S2/c21-18-17(24-19(23)20(18)14-8-4-5-9-14)12-15-10-11-16(22-15)13-6-2-1-3-7-13/h1-3,6-7,10-12,14H,4-5,8-9H2/b17-12+. The van der Waals surface area contributed by atoms with Gasteiger partial charge in [0, 0.05) is 17.7 Å². The quantitative estimate of drug-likeness (QED) is 0.567. The maximum absolute atomic E-state index is 12.7. The number of hydrogen-bond donors (Lipinski definition) is 0. The Morgan fingerprint density at radius 2 is 1.88 bits per heavy atom. The first-order valence-corrected chi connectivity index (χ1v) is 9.37. The summed E-state index contributed by atoms with van der Waals surface area (Å²) in [6.45, 7) is 0. The molecule has 0 unspecified atom stereocenters. The molecule has 4 rings (SSSR count). The molecule has 122 valence electrons. The van der Waals surface area contributed by atoms with E-state index in [0.29, 0.717) is 15.0 Å². The summed E-state index contributed by atoms with van der Waals surface area (Å²) >= 11 is 6.80. The second-order valence-electron chi connectivity index (χ2n) is 6.06. The summed E-state index contributed by atoms with van der Waals surface area (Å²) in [5.41, 5.74) is 1.02. The Morgan fingerprint density at radius 3 is 2.62 bits per heavy atom. The van der Waals surface area contributed by atoms with E-state index in [1.54, 1.807) is 11.0 Å². The van der Waals surface area contributed by atoms with E-state index in [2.05, 4.69) is 0 Å². The molecule has 2 heterocycles. The van der Waals surface area contributed by atoms with Crippen molar-refractivity contribution in [1.29, 1.82) is 0 Å². The molecule has 3 nitrogen and oxygen atoms in total. The third-order valence-electron chi connectivity index (χ3n) is 4.47. The van der Waals surface area contributed by atoms with Crippen molar-refractivity contribution in [3.63, 3.8) is 0 Å². The number of hydrogen-bond acceptors (Lipinski definition) is 4. The van der Waals surface area contributed by atoms with Gasteiger partial charge < -0.3 is 4.42 Å². The van der Waals surface area contributed by atoms with Crippen LogP contribution in [-0.2, 0) is 4.79 Å². The highest BCUT2D eigenvalue weighted by Crippen LogP contribution is 2.38. The maximum Gasteiger partial charge on any atom is 0.266 e. The van der Waals surface area contributed by atoms with Gasteiger partial charge in [0.05, 0.1) is 4.91 Å². The van der Waals surface area contributed by atoms with Crippen molar-refractivity contribution in [2.75, 3.05) is 0 Å². The van der Waals surface area contributed by atoms with E-state index in [-0.39, 0.29) is 11.9 Å². The summed E-state index contributed by atoms with van der Waals surface area (Å²) in [6, 6.07) is 14.0. The molecule has 24 heavy (non-hydrogen) atoms. The van der Waals surface area contributed by atoms with Gasteiger partial charge >= 0.3 is 0 Å². The minimum atomic E-state index is 0.0227. The Bertz CT molecular complexity index is 804. The van der Waals surface area contributed by atoms with Gasteiger partial charge in [0.1, 0.15) is 15.8 Å². The van der Waals surface area contributed by atoms with Crippen LogP contribution in [0.15, 0.2) is 51.8 Å². The van der Waals surface area contributed by atoms with Crippen molar-refractivity contribution in [2.24, 2.45) is 0 Å². The smallest absolute Gasteiger partial charge is 0.266 e. The van der Waals surface area contributed by atoms with Crippen molar-refractivity contribution in [1.82, 2.24) is 4.90 Å². The van der Waals surface area contributed by atoms with E-state index in [1.165, 1.54) is 24.6 Å². The summed E-state index contributed by atoms with van der Waals surface area (Å²) in [5.74, 6) is 1.50. The molecule has 1 aromatic carbocycles. The molecule has 2 aromatic rings. The second-order valence-corrected chi connectivity index (χ2v) is 7.73. The summed E-state index contributed by atoms with van der Waals surface area (Å²) in [6.07, 6.45) is 6.27. The summed E-state index contributed by atoms with van der Waals surface area (Å²) in [4.78, 5) is 15.2. The number of thiocarbonyl (C=S) groups is 1. The van der Waals surface area contributed by atoms with Crippen LogP contribution in [0.3, 0.4) is 0 Å².